The van der Waals surface area contributed by atoms with Crippen LogP contribution in [0.25, 0.3) is 19.9 Å². The number of nitrogens with zero attached hydrogens (tertiary/aromatic N) is 11. The van der Waals surface area contributed by atoms with Gasteiger partial charge < -0.3 is 64.3 Å². The topological polar surface area (TPSA) is 79.1 Å². The van der Waals surface area contributed by atoms with Crippen LogP contribution >= 0.6 is 7.92 Å². The third kappa shape index (κ3) is 39.2. The van der Waals surface area contributed by atoms with Gasteiger partial charge in [0.25, 0.3) is 0 Å². The van der Waals surface area contributed by atoms with Crippen LogP contribution in [0, 0.1) is 105 Å². The Bertz CT molecular complexity index is 4270. The van der Waals surface area contributed by atoms with E-state index in [1.807, 2.05) is 93.0 Å². The van der Waals surface area contributed by atoms with E-state index in [0.29, 0.717) is 0 Å². The quantitative estimate of drug-likeness (QED) is 0.0491. The van der Waals surface area contributed by atoms with Gasteiger partial charge in [-0.2, -0.15) is 74.2 Å². The molecule has 4 heterocycles. The van der Waals surface area contributed by atoms with Crippen LogP contribution in [0.1, 0.15) is 189 Å². The first-order valence-electron chi connectivity index (χ1n) is 52.0. The zero-order chi connectivity index (χ0) is 97.9. The number of likely N-dealkylation sites (tertiary alicyclic amines) is 4. The standard InChI is InChI=1S/4C19H33N2Si.C14H14N.C10H14N.C9H12N.C9H12P.4CH3.4Sc/c4*1-19(2,3)20-22(4,5)18-14-17(21-12-8-9-13-21)15-10-6-7-11-16(15)18;1-12-8-6-7-11-14(12)15(2)13-9-4-3-5-10-13;1-4-11(3)10-8-6-5-7-9(10)2;2*1-8-6-4-5-7-9(8)10(2)3;;;;;;;;/h4*6-7,10-11,15-18H,8-9,12-14H2,1-5H3;3-11H,1H2,2H3;5-8H,2,4H2,1,3H3;2*4-7H,1H2,2-3H3;4*1H3;;;;/q12*-1;;3*+3/p+1. The summed E-state index contributed by atoms with van der Waals surface area (Å²) in [5.41, 5.74) is 12.7. The first kappa shape index (κ1) is 135. The van der Waals surface area contributed by atoms with Gasteiger partial charge in [0.05, 0.1) is 0 Å². The molecule has 4 saturated carbocycles. The number of anilines is 4. The Balaban J connectivity index is 0.000000554. The van der Waals surface area contributed by atoms with Crippen LogP contribution in [0.5, 0.6) is 0 Å². The van der Waals surface area contributed by atoms with Crippen LogP contribution in [-0.4, -0.2) is 199 Å². The summed E-state index contributed by atoms with van der Waals surface area (Å²) in [4.78, 5) is 38.9. The van der Waals surface area contributed by atoms with Crippen molar-refractivity contribution in [3.63, 3.8) is 0 Å². The summed E-state index contributed by atoms with van der Waals surface area (Å²) in [7, 11) is 1.49. The van der Waals surface area contributed by atoms with Gasteiger partial charge in [0.1, 0.15) is 0 Å². The molecule has 0 bridgehead atoms. The molecule has 0 amide bonds. The summed E-state index contributed by atoms with van der Waals surface area (Å²) in [5.74, 6) is 5.83. The van der Waals surface area contributed by atoms with Gasteiger partial charge in [-0.25, -0.2) is 0 Å². The van der Waals surface area contributed by atoms with Crippen molar-refractivity contribution in [2.24, 2.45) is 47.3 Å². The Kier molecular flexibility index (Phi) is 58.5. The molecule has 5 aromatic carbocycles. The Morgan fingerprint density at radius 2 is 0.535 bits per heavy atom. The molecule has 5 aromatic rings. The summed E-state index contributed by atoms with van der Waals surface area (Å²) in [6.07, 6.45) is 54.8. The van der Waals surface area contributed by atoms with Gasteiger partial charge in [0, 0.05) is 75.6 Å². The fourth-order valence-corrected chi connectivity index (χ4v) is 42.4. The van der Waals surface area contributed by atoms with E-state index < -0.39 is 32.9 Å². The zero-order valence-corrected chi connectivity index (χ0v) is 108. The maximum Gasteiger partial charge on any atom is 3.00 e. The normalized spacial score (nSPS) is 25.5. The van der Waals surface area contributed by atoms with Crippen molar-refractivity contribution in [2.45, 2.75) is 288 Å². The van der Waals surface area contributed by atoms with Crippen LogP contribution in [0.4, 0.5) is 22.7 Å². The molecule has 8 aliphatic carbocycles. The van der Waals surface area contributed by atoms with E-state index in [2.05, 4.69) is 378 Å². The van der Waals surface area contributed by atoms with Gasteiger partial charge in [-0.15, -0.1) is 46.4 Å². The molecule has 20 heteroatoms. The van der Waals surface area contributed by atoms with E-state index in [9.17, 15) is 0 Å². The molecule has 0 aromatic heterocycles. The first-order chi connectivity index (χ1) is 63.1. The maximum atomic E-state index is 5.34. The van der Waals surface area contributed by atoms with Crippen molar-refractivity contribution in [1.29, 1.82) is 0 Å². The van der Waals surface area contributed by atoms with Crippen LogP contribution < -0.4 is 20.0 Å². The van der Waals surface area contributed by atoms with Crippen LogP contribution in [0.15, 0.2) is 225 Å². The average molecular weight is 2140 g/mol. The number of para-hydroxylation sites is 4. The summed E-state index contributed by atoms with van der Waals surface area (Å²) in [6, 6.07) is 46.1. The van der Waals surface area contributed by atoms with Crippen molar-refractivity contribution >= 4 is 68.9 Å². The number of fused-ring (bicyclic) bond motifs is 4. The molecule has 4 saturated heterocycles. The minimum Gasteiger partial charge on any atom is -0.660 e. The monoisotopic (exact) mass is 2140 g/mol. The molecule has 0 spiro atoms. The largest absolute Gasteiger partial charge is 3.00 e. The van der Waals surface area contributed by atoms with Crippen molar-refractivity contribution in [1.82, 2.24) is 19.6 Å². The van der Waals surface area contributed by atoms with E-state index in [-0.39, 0.29) is 163 Å². The maximum absolute atomic E-state index is 5.34. The van der Waals surface area contributed by atoms with Crippen molar-refractivity contribution < 1.29 is 103 Å². The zero-order valence-electron chi connectivity index (χ0n) is 95.5. The Morgan fingerprint density at radius 1 is 0.317 bits per heavy atom. The smallest absolute Gasteiger partial charge is 0.660 e. The minimum atomic E-state index is -1.59. The number of hydrogen-bond acceptors (Lipinski definition) is 7. The van der Waals surface area contributed by atoms with Gasteiger partial charge in [-0.1, -0.05) is 372 Å². The molecule has 16 atom stereocenters. The third-order valence-electron chi connectivity index (χ3n) is 30.5. The Hall–Kier alpha value is -2.64. The van der Waals surface area contributed by atoms with Crippen molar-refractivity contribution in [3.8, 4) is 0 Å². The fraction of sp³-hybridized carbons (Fsp3) is 0.557. The average Bonchev–Trinajstić information content (AvgIpc) is 1.62. The summed E-state index contributed by atoms with van der Waals surface area (Å²) in [6.45, 7) is 81.3. The molecule has 17 rings (SSSR count). The second-order valence-electron chi connectivity index (χ2n) is 47.4. The molecule has 16 unspecified atom stereocenters. The Labute approximate surface area is 956 Å². The summed E-state index contributed by atoms with van der Waals surface area (Å²) < 4.78 is 0. The van der Waals surface area contributed by atoms with Crippen molar-refractivity contribution in [3.05, 3.63) is 324 Å². The predicted molar refractivity (Wildman–Crippen MR) is 632 cm³/mol. The second-order valence-corrected chi connectivity index (χ2v) is 67.0. The molecule has 775 valence electrons. The van der Waals surface area contributed by atoms with Crippen LogP contribution in [0.3, 0.4) is 0 Å². The van der Waals surface area contributed by atoms with Gasteiger partial charge >= 0.3 is 77.5 Å². The summed E-state index contributed by atoms with van der Waals surface area (Å²) in [5, 5.41) is 1.45. The molecule has 142 heavy (non-hydrogen) atoms. The SMILES string of the molecule is CC(C)(C)[N-][Si](C)(C)C1CC(N2CCCC2)C2C=CC=CC21.CC(C)(C)[N-][Si](C)(C)C1CC(N2CCCC2)C2C=CC=CC21.CC(C)(C)[N-][Si](C)(C)C1CC(N2CCCC2)C2C=CC=CC21.CC(C)(C)[N-][Si](C)(C)C1CC(N2CCCC2)C2C=CC=CC21.[CH2-]c1ccccc1N(C)C.[CH2-]c1ccccc1N(C)CC.[CH2-]c1ccccc1N(C)c1ccccc1.[CH2-]c1ccccc1[PH+](C)C.[CH3-].[CH3-].[CH3-].[CH3-].[Sc+3].[Sc+3].[Sc+3].[Sc]. The van der Waals surface area contributed by atoms with E-state index in [1.165, 1.54) is 157 Å². The van der Waals surface area contributed by atoms with Crippen LogP contribution in [0.2, 0.25) is 74.5 Å². The van der Waals surface area contributed by atoms with Gasteiger partial charge in [-0.05, 0) is 237 Å². The first-order valence-corrected chi connectivity index (χ1v) is 66.6. The molecular weight excluding hydrogens is 1940 g/mol. The summed E-state index contributed by atoms with van der Waals surface area (Å²) >= 11 is 0. The number of benzene rings is 5. The predicted octanol–water partition coefficient (Wildman–Crippen LogP) is 31.5. The molecular formula is C122H197N11PSc4Si4-2. The van der Waals surface area contributed by atoms with E-state index >= 15 is 0 Å². The molecule has 0 N–H and O–H groups in total. The molecule has 12 aliphatic rings. The van der Waals surface area contributed by atoms with E-state index in [0.717, 1.165) is 123 Å². The minimum absolute atomic E-state index is 0. The van der Waals surface area contributed by atoms with Gasteiger partial charge in [0.2, 0.25) is 0 Å². The van der Waals surface area contributed by atoms with E-state index in [4.69, 9.17) is 19.9 Å². The molecule has 11 nitrogen and oxygen atoms in total. The van der Waals surface area contributed by atoms with Gasteiger partial charge in [-0.3, -0.25) is 19.6 Å². The second kappa shape index (κ2) is 61.3. The third-order valence-corrected chi connectivity index (χ3v) is 46.8. The molecule has 1 radical (unpaired) electrons. The number of rotatable bonds is 18. The van der Waals surface area contributed by atoms with E-state index in [1.54, 1.807) is 0 Å². The molecule has 4 aliphatic heterocycles. The fourth-order valence-electron chi connectivity index (χ4n) is 25.3. The van der Waals surface area contributed by atoms with Gasteiger partial charge in [0.15, 0.2) is 0 Å². The number of hydrogen-bond donors (Lipinski definition) is 0. The van der Waals surface area contributed by atoms with Crippen molar-refractivity contribution in [2.75, 3.05) is 115 Å². The Morgan fingerprint density at radius 3 is 0.746 bits per heavy atom. The van der Waals surface area contributed by atoms with Crippen LogP contribution in [-0.2, 0) is 103 Å². The number of allylic oxidation sites excluding steroid dienone is 12. The molecule has 8 fully saturated rings.